The van der Waals surface area contributed by atoms with Crippen molar-refractivity contribution in [3.05, 3.63) is 40.1 Å². The van der Waals surface area contributed by atoms with Gasteiger partial charge in [-0.15, -0.1) is 0 Å². The van der Waals surface area contributed by atoms with Crippen LogP contribution in [0.4, 0.5) is 0 Å². The summed E-state index contributed by atoms with van der Waals surface area (Å²) in [5, 5.41) is 17.6. The highest BCUT2D eigenvalue weighted by Crippen LogP contribution is 2.25. The van der Waals surface area contributed by atoms with Crippen LogP contribution in [0.1, 0.15) is 37.8 Å². The van der Waals surface area contributed by atoms with Gasteiger partial charge in [-0.25, -0.2) is 0 Å². The molecular formula is C17H20N6O2. The third-order valence-electron chi connectivity index (χ3n) is 3.99. The summed E-state index contributed by atoms with van der Waals surface area (Å²) < 4.78 is 8.37. The highest BCUT2D eigenvalue weighted by Gasteiger charge is 2.20. The molecule has 3 aromatic heterocycles. The summed E-state index contributed by atoms with van der Waals surface area (Å²) in [4.78, 5) is 16.0. The quantitative estimate of drug-likeness (QED) is 0.691. The monoisotopic (exact) mass is 340 g/mol. The third kappa shape index (κ3) is 3.06. The van der Waals surface area contributed by atoms with E-state index in [0.717, 1.165) is 5.56 Å². The van der Waals surface area contributed by atoms with Crippen molar-refractivity contribution in [1.29, 1.82) is 5.26 Å². The van der Waals surface area contributed by atoms with Crippen molar-refractivity contribution < 1.29 is 4.74 Å². The number of fused-ring (bicyclic) bond motifs is 1. The molecule has 1 N–H and O–H groups in total. The van der Waals surface area contributed by atoms with E-state index in [9.17, 15) is 10.1 Å². The predicted molar refractivity (Wildman–Crippen MR) is 92.3 cm³/mol. The lowest BCUT2D eigenvalue weighted by molar-refractivity contribution is 0.136. The molecular weight excluding hydrogens is 320 g/mol. The fourth-order valence-corrected chi connectivity index (χ4v) is 2.79. The first-order chi connectivity index (χ1) is 12.1. The third-order valence-corrected chi connectivity index (χ3v) is 3.99. The number of nitriles is 1. The number of hydrogen-bond donors (Lipinski definition) is 1. The number of rotatable bonds is 6. The molecule has 25 heavy (non-hydrogen) atoms. The van der Waals surface area contributed by atoms with Crippen LogP contribution in [0.3, 0.4) is 0 Å². The van der Waals surface area contributed by atoms with Gasteiger partial charge in [0.2, 0.25) is 0 Å². The fraction of sp³-hybridized carbons (Fsp3) is 0.412. The molecule has 0 radical (unpaired) electrons. The number of nitrogens with zero attached hydrogens (tertiary/aromatic N) is 5. The van der Waals surface area contributed by atoms with E-state index in [-0.39, 0.29) is 11.5 Å². The Kier molecular flexibility index (Phi) is 4.67. The average Bonchev–Trinajstić information content (AvgIpc) is 3.21. The van der Waals surface area contributed by atoms with Gasteiger partial charge >= 0.3 is 0 Å². The first kappa shape index (κ1) is 16.9. The molecule has 3 heterocycles. The van der Waals surface area contributed by atoms with Gasteiger partial charge in [0.1, 0.15) is 11.6 Å². The molecule has 0 aliphatic carbocycles. The highest BCUT2D eigenvalue weighted by molar-refractivity contribution is 5.67. The Morgan fingerprint density at radius 3 is 2.84 bits per heavy atom. The van der Waals surface area contributed by atoms with E-state index in [2.05, 4.69) is 21.3 Å². The van der Waals surface area contributed by atoms with Gasteiger partial charge in [0, 0.05) is 23.9 Å². The zero-order chi connectivity index (χ0) is 18.0. The van der Waals surface area contributed by atoms with Crippen molar-refractivity contribution in [2.75, 3.05) is 13.2 Å². The molecule has 0 aliphatic heterocycles. The second-order valence-corrected chi connectivity index (χ2v) is 5.99. The van der Waals surface area contributed by atoms with Crippen molar-refractivity contribution in [3.8, 4) is 17.3 Å². The minimum atomic E-state index is -0.220. The zero-order valence-corrected chi connectivity index (χ0v) is 14.5. The number of aromatic nitrogens is 5. The minimum absolute atomic E-state index is 0.00957. The standard InChI is InChI=1S/C17H20N6O2/c1-4-25-6-5-22-10-13(9-19-22)15-14(11(2)3)17(24)23-16(21-15)12(7-18)8-20-23/h8-11,21H,4-6H2,1-3H3. The van der Waals surface area contributed by atoms with Crippen LogP contribution in [0.5, 0.6) is 0 Å². The van der Waals surface area contributed by atoms with Gasteiger partial charge in [0.05, 0.1) is 31.2 Å². The molecule has 0 spiro atoms. The number of ether oxygens (including phenoxy) is 1. The smallest absolute Gasteiger partial charge is 0.278 e. The number of aromatic amines is 1. The van der Waals surface area contributed by atoms with E-state index in [4.69, 9.17) is 4.74 Å². The van der Waals surface area contributed by atoms with Gasteiger partial charge in [-0.2, -0.15) is 20.0 Å². The number of H-pyrrole nitrogens is 1. The fourth-order valence-electron chi connectivity index (χ4n) is 2.79. The molecule has 3 rings (SSSR count). The second-order valence-electron chi connectivity index (χ2n) is 5.99. The average molecular weight is 340 g/mol. The van der Waals surface area contributed by atoms with E-state index < -0.39 is 0 Å². The maximum absolute atomic E-state index is 12.8. The summed E-state index contributed by atoms with van der Waals surface area (Å²) >= 11 is 0. The summed E-state index contributed by atoms with van der Waals surface area (Å²) in [6.07, 6.45) is 4.98. The van der Waals surface area contributed by atoms with E-state index in [1.165, 1.54) is 10.7 Å². The van der Waals surface area contributed by atoms with Gasteiger partial charge in [0.25, 0.3) is 5.56 Å². The Hall–Kier alpha value is -2.92. The van der Waals surface area contributed by atoms with Gasteiger partial charge < -0.3 is 9.72 Å². The molecule has 0 unspecified atom stereocenters. The van der Waals surface area contributed by atoms with Gasteiger partial charge in [-0.3, -0.25) is 9.48 Å². The first-order valence-electron chi connectivity index (χ1n) is 8.21. The molecule has 0 bridgehead atoms. The summed E-state index contributed by atoms with van der Waals surface area (Å²) in [6.45, 7) is 7.72. The van der Waals surface area contributed by atoms with Gasteiger partial charge in [-0.05, 0) is 12.8 Å². The molecule has 8 heteroatoms. The maximum Gasteiger partial charge on any atom is 0.278 e. The normalized spacial score (nSPS) is 11.3. The molecule has 0 saturated carbocycles. The van der Waals surface area contributed by atoms with Crippen LogP contribution in [0.2, 0.25) is 0 Å². The summed E-state index contributed by atoms with van der Waals surface area (Å²) in [5.74, 6) is -0.00957. The van der Waals surface area contributed by atoms with Crippen LogP contribution < -0.4 is 5.56 Å². The number of nitrogens with one attached hydrogen (secondary N) is 1. The van der Waals surface area contributed by atoms with Crippen LogP contribution in [-0.4, -0.2) is 37.6 Å². The van der Waals surface area contributed by atoms with Crippen LogP contribution in [0.25, 0.3) is 16.9 Å². The highest BCUT2D eigenvalue weighted by atomic mass is 16.5. The Morgan fingerprint density at radius 1 is 1.36 bits per heavy atom. The lowest BCUT2D eigenvalue weighted by atomic mass is 10.00. The molecule has 0 fully saturated rings. The Bertz CT molecular complexity index is 989. The maximum atomic E-state index is 12.8. The molecule has 0 aromatic carbocycles. The number of hydrogen-bond acceptors (Lipinski definition) is 5. The van der Waals surface area contributed by atoms with Crippen molar-refractivity contribution in [1.82, 2.24) is 24.4 Å². The van der Waals surface area contributed by atoms with E-state index >= 15 is 0 Å². The summed E-state index contributed by atoms with van der Waals surface area (Å²) in [7, 11) is 0. The Morgan fingerprint density at radius 2 is 2.16 bits per heavy atom. The first-order valence-corrected chi connectivity index (χ1v) is 8.21. The largest absolute Gasteiger partial charge is 0.380 e. The molecule has 8 nitrogen and oxygen atoms in total. The lowest BCUT2D eigenvalue weighted by Gasteiger charge is -2.11. The van der Waals surface area contributed by atoms with Crippen molar-refractivity contribution in [3.63, 3.8) is 0 Å². The van der Waals surface area contributed by atoms with Crippen molar-refractivity contribution >= 4 is 5.65 Å². The van der Waals surface area contributed by atoms with Crippen LogP contribution in [-0.2, 0) is 11.3 Å². The molecule has 0 aliphatic rings. The zero-order valence-electron chi connectivity index (χ0n) is 14.5. The molecule has 130 valence electrons. The lowest BCUT2D eigenvalue weighted by Crippen LogP contribution is -2.22. The summed E-state index contributed by atoms with van der Waals surface area (Å²) in [5.41, 5.74) is 2.59. The second kappa shape index (κ2) is 6.91. The van der Waals surface area contributed by atoms with Crippen molar-refractivity contribution in [2.24, 2.45) is 0 Å². The molecule has 0 saturated heterocycles. The molecule has 0 atom stereocenters. The Labute approximate surface area is 144 Å². The summed E-state index contributed by atoms with van der Waals surface area (Å²) in [6, 6.07) is 2.05. The van der Waals surface area contributed by atoms with Crippen molar-refractivity contribution in [2.45, 2.75) is 33.2 Å². The van der Waals surface area contributed by atoms with E-state index in [0.29, 0.717) is 42.2 Å². The molecule has 0 amide bonds. The van der Waals surface area contributed by atoms with Crippen LogP contribution >= 0.6 is 0 Å². The van der Waals surface area contributed by atoms with Crippen LogP contribution in [0, 0.1) is 11.3 Å². The Balaban J connectivity index is 2.13. The van der Waals surface area contributed by atoms with E-state index in [1.54, 1.807) is 10.9 Å². The van der Waals surface area contributed by atoms with Gasteiger partial charge in [-0.1, -0.05) is 13.8 Å². The van der Waals surface area contributed by atoms with Gasteiger partial charge in [0.15, 0.2) is 5.65 Å². The predicted octanol–water partition coefficient (Wildman–Crippen LogP) is 1.92. The minimum Gasteiger partial charge on any atom is -0.380 e. The SMILES string of the molecule is CCOCCn1cc(-c2[nH]c3c(C#N)cnn3c(=O)c2C(C)C)cn1. The molecule has 3 aromatic rings. The van der Waals surface area contributed by atoms with E-state index in [1.807, 2.05) is 27.0 Å². The topological polar surface area (TPSA) is 101 Å². The van der Waals surface area contributed by atoms with Crippen LogP contribution in [0.15, 0.2) is 23.4 Å².